The topological polar surface area (TPSA) is 30.9 Å². The second-order valence-corrected chi connectivity index (χ2v) is 7.28. The predicted octanol–water partition coefficient (Wildman–Crippen LogP) is 3.83. The summed E-state index contributed by atoms with van der Waals surface area (Å²) in [5.41, 5.74) is 3.80. The van der Waals surface area contributed by atoms with Gasteiger partial charge in [0.2, 0.25) is 0 Å². The van der Waals surface area contributed by atoms with Gasteiger partial charge in [-0.25, -0.2) is 9.38 Å². The lowest BCUT2D eigenvalue weighted by Gasteiger charge is -2.34. The van der Waals surface area contributed by atoms with Gasteiger partial charge in [0.25, 0.3) is 0 Å². The molecule has 0 aliphatic carbocycles. The number of aliphatic imine (C=N–C) groups is 1. The number of likely N-dealkylation sites (N-methyl/N-ethyl adjacent to an activating group) is 1. The van der Waals surface area contributed by atoms with Crippen molar-refractivity contribution in [3.05, 3.63) is 39.8 Å². The molecule has 2 aromatic rings. The first-order valence-electron chi connectivity index (χ1n) is 8.35. The highest BCUT2D eigenvalue weighted by Gasteiger charge is 2.27. The summed E-state index contributed by atoms with van der Waals surface area (Å²) in [5, 5.41) is 5.61. The summed E-state index contributed by atoms with van der Waals surface area (Å²) in [4.78, 5) is 10.9. The minimum atomic E-state index is -0.253. The lowest BCUT2D eigenvalue weighted by atomic mass is 10.1. The number of nitrogens with one attached hydrogen (secondary N) is 1. The lowest BCUT2D eigenvalue weighted by Crippen LogP contribution is -2.47. The number of amidine groups is 1. The number of nitrogens with zero attached hydrogens (tertiary/aromatic N) is 3. The number of fused-ring (bicyclic) bond motifs is 2. The molecule has 126 valence electrons. The van der Waals surface area contributed by atoms with Gasteiger partial charge in [-0.2, -0.15) is 0 Å². The van der Waals surface area contributed by atoms with Gasteiger partial charge in [-0.15, -0.1) is 11.3 Å². The maximum atomic E-state index is 13.7. The molecule has 4 rings (SSSR count). The van der Waals surface area contributed by atoms with Crippen LogP contribution in [0.2, 0.25) is 0 Å². The molecule has 1 aromatic heterocycles. The van der Waals surface area contributed by atoms with Gasteiger partial charge in [-0.3, -0.25) is 0 Å². The summed E-state index contributed by atoms with van der Waals surface area (Å²) in [7, 11) is 2.14. The first-order chi connectivity index (χ1) is 11.7. The van der Waals surface area contributed by atoms with Gasteiger partial charge >= 0.3 is 0 Å². The third-order valence-electron chi connectivity index (χ3n) is 4.67. The highest BCUT2D eigenvalue weighted by molar-refractivity contribution is 7.11. The van der Waals surface area contributed by atoms with E-state index in [1.807, 2.05) is 0 Å². The number of halogens is 1. The van der Waals surface area contributed by atoms with Crippen LogP contribution in [0.3, 0.4) is 0 Å². The van der Waals surface area contributed by atoms with E-state index in [0.29, 0.717) is 5.69 Å². The molecule has 3 heterocycles. The average Bonchev–Trinajstić information content (AvgIpc) is 2.91. The van der Waals surface area contributed by atoms with Crippen molar-refractivity contribution >= 4 is 34.2 Å². The van der Waals surface area contributed by atoms with Crippen molar-refractivity contribution in [2.24, 2.45) is 4.99 Å². The van der Waals surface area contributed by atoms with E-state index in [9.17, 15) is 4.39 Å². The van der Waals surface area contributed by atoms with Crippen LogP contribution in [0.1, 0.15) is 17.4 Å². The van der Waals surface area contributed by atoms with Crippen molar-refractivity contribution in [2.45, 2.75) is 13.3 Å². The summed E-state index contributed by atoms with van der Waals surface area (Å²) in [6.45, 7) is 6.09. The highest BCUT2D eigenvalue weighted by atomic mass is 32.1. The smallest absolute Gasteiger partial charge is 0.139 e. The summed E-state index contributed by atoms with van der Waals surface area (Å²) >= 11 is 1.77. The Balaban J connectivity index is 1.85. The van der Waals surface area contributed by atoms with Crippen LogP contribution in [0.5, 0.6) is 0 Å². The van der Waals surface area contributed by atoms with Crippen molar-refractivity contribution in [3.8, 4) is 0 Å². The molecule has 0 amide bonds. The number of anilines is 2. The molecule has 1 N–H and O–H groups in total. The van der Waals surface area contributed by atoms with Crippen LogP contribution in [0.15, 0.2) is 28.6 Å². The minimum absolute atomic E-state index is 0.253. The molecular formula is C18H21FN4S. The molecule has 2 aliphatic heterocycles. The predicted molar refractivity (Wildman–Crippen MR) is 98.6 cm³/mol. The Kier molecular flexibility index (Phi) is 4.02. The average molecular weight is 344 g/mol. The molecule has 4 nitrogen and oxygen atoms in total. The molecule has 0 unspecified atom stereocenters. The normalized spacial score (nSPS) is 17.6. The second-order valence-electron chi connectivity index (χ2n) is 6.31. The quantitative estimate of drug-likeness (QED) is 0.853. The monoisotopic (exact) mass is 344 g/mol. The molecule has 0 atom stereocenters. The Hall–Kier alpha value is -1.92. The molecule has 0 spiro atoms. The largest absolute Gasteiger partial charge is 0.353 e. The van der Waals surface area contributed by atoms with Gasteiger partial charge in [0.15, 0.2) is 0 Å². The van der Waals surface area contributed by atoms with Gasteiger partial charge < -0.3 is 15.1 Å². The first-order valence-corrected chi connectivity index (χ1v) is 9.23. The molecule has 1 fully saturated rings. The molecule has 0 bridgehead atoms. The fraction of sp³-hybridized carbons (Fsp3) is 0.389. The molecule has 24 heavy (non-hydrogen) atoms. The van der Waals surface area contributed by atoms with Gasteiger partial charge in [-0.05, 0) is 25.6 Å². The number of rotatable bonds is 1. The molecule has 1 aromatic carbocycles. The van der Waals surface area contributed by atoms with E-state index in [4.69, 9.17) is 4.99 Å². The van der Waals surface area contributed by atoms with Crippen molar-refractivity contribution in [3.63, 3.8) is 0 Å². The Morgan fingerprint density at radius 2 is 2.00 bits per heavy atom. The fourth-order valence-corrected chi connectivity index (χ4v) is 4.18. The van der Waals surface area contributed by atoms with Gasteiger partial charge in [0.1, 0.15) is 11.7 Å². The summed E-state index contributed by atoms with van der Waals surface area (Å²) < 4.78 is 13.7. The number of piperazine rings is 1. The first kappa shape index (κ1) is 15.6. The van der Waals surface area contributed by atoms with Crippen LogP contribution in [0.4, 0.5) is 21.5 Å². The van der Waals surface area contributed by atoms with Gasteiger partial charge in [0.05, 0.1) is 22.6 Å². The van der Waals surface area contributed by atoms with Crippen LogP contribution in [0.25, 0.3) is 0 Å². The van der Waals surface area contributed by atoms with E-state index in [0.717, 1.165) is 49.8 Å². The van der Waals surface area contributed by atoms with Crippen molar-refractivity contribution in [2.75, 3.05) is 38.5 Å². The zero-order chi connectivity index (χ0) is 16.7. The van der Waals surface area contributed by atoms with E-state index in [-0.39, 0.29) is 5.82 Å². The summed E-state index contributed by atoms with van der Waals surface area (Å²) in [6, 6.07) is 4.77. The third kappa shape index (κ3) is 2.70. The van der Waals surface area contributed by atoms with Crippen molar-refractivity contribution in [1.82, 2.24) is 9.80 Å². The standard InChI is InChI=1S/C18H21FN4S/c1-3-16-17-15(11-24-16)20-13-5-4-12(19)10-14(13)21-18(17)23-8-6-22(2)7-9-23/h4-5,10-11,20H,3,6-9H2,1-2H3. The maximum Gasteiger partial charge on any atom is 0.139 e. The fourth-order valence-electron chi connectivity index (χ4n) is 3.26. The number of hydrogen-bond donors (Lipinski definition) is 1. The van der Waals surface area contributed by atoms with E-state index < -0.39 is 0 Å². The van der Waals surface area contributed by atoms with Crippen LogP contribution in [-0.4, -0.2) is 48.9 Å². The molecule has 0 saturated carbocycles. The second kappa shape index (κ2) is 6.18. The van der Waals surface area contributed by atoms with Crippen LogP contribution >= 0.6 is 11.3 Å². The van der Waals surface area contributed by atoms with E-state index >= 15 is 0 Å². The number of aryl methyl sites for hydroxylation is 1. The number of benzene rings is 1. The molecule has 2 aliphatic rings. The number of thiophene rings is 1. The van der Waals surface area contributed by atoms with Gasteiger partial charge in [-0.1, -0.05) is 6.92 Å². The van der Waals surface area contributed by atoms with Gasteiger partial charge in [0, 0.05) is 42.5 Å². The Morgan fingerprint density at radius 3 is 2.75 bits per heavy atom. The zero-order valence-electron chi connectivity index (χ0n) is 14.0. The number of hydrogen-bond acceptors (Lipinski definition) is 5. The van der Waals surface area contributed by atoms with Crippen molar-refractivity contribution < 1.29 is 4.39 Å². The minimum Gasteiger partial charge on any atom is -0.353 e. The van der Waals surface area contributed by atoms with E-state index in [1.165, 1.54) is 22.6 Å². The Labute approximate surface area is 145 Å². The van der Waals surface area contributed by atoms with Crippen LogP contribution < -0.4 is 5.32 Å². The van der Waals surface area contributed by atoms with Crippen LogP contribution in [0, 0.1) is 5.82 Å². The highest BCUT2D eigenvalue weighted by Crippen LogP contribution is 2.39. The molecule has 1 saturated heterocycles. The van der Waals surface area contributed by atoms with Crippen LogP contribution in [-0.2, 0) is 6.42 Å². The Morgan fingerprint density at radius 1 is 1.21 bits per heavy atom. The molecule has 6 heteroatoms. The van der Waals surface area contributed by atoms with E-state index in [2.05, 4.69) is 34.5 Å². The van der Waals surface area contributed by atoms with Crippen molar-refractivity contribution in [1.29, 1.82) is 0 Å². The Bertz CT molecular complexity index is 790. The SMILES string of the molecule is CCc1scc2c1C(N1CCN(C)CC1)=Nc1cc(F)ccc1N2. The molecule has 0 radical (unpaired) electrons. The van der Waals surface area contributed by atoms with E-state index in [1.54, 1.807) is 17.4 Å². The lowest BCUT2D eigenvalue weighted by molar-refractivity contribution is 0.216. The molecular weight excluding hydrogens is 323 g/mol. The zero-order valence-corrected chi connectivity index (χ0v) is 14.8. The summed E-state index contributed by atoms with van der Waals surface area (Å²) in [6.07, 6.45) is 0.971. The third-order valence-corrected chi connectivity index (χ3v) is 5.80. The summed E-state index contributed by atoms with van der Waals surface area (Å²) in [5.74, 6) is 0.727. The maximum absolute atomic E-state index is 13.7.